The van der Waals surface area contributed by atoms with Crippen molar-refractivity contribution in [2.75, 3.05) is 12.0 Å². The maximum Gasteiger partial charge on any atom is 0.257 e. The first-order chi connectivity index (χ1) is 16.4. The van der Waals surface area contributed by atoms with Crippen molar-refractivity contribution in [3.63, 3.8) is 0 Å². The van der Waals surface area contributed by atoms with Gasteiger partial charge in [-0.1, -0.05) is 37.3 Å². The first kappa shape index (κ1) is 23.2. The highest BCUT2D eigenvalue weighted by molar-refractivity contribution is 6.23. The molecule has 1 aliphatic heterocycles. The molecule has 6 nitrogen and oxygen atoms in total. The standard InChI is InChI=1S/C27H25FN2O4/c1-3-18-7-11-22(12-8-18)30-25(31)16-24(27(30)33)29(17-19-9-13-23(34-2)14-10-19)26(32)20-5-4-6-21(28)15-20/h4-15,24H,3,16-17H2,1-2H3/t24-/m0/s1. The molecule has 0 bridgehead atoms. The second kappa shape index (κ2) is 9.87. The van der Waals surface area contributed by atoms with Gasteiger partial charge in [0.25, 0.3) is 11.8 Å². The lowest BCUT2D eigenvalue weighted by molar-refractivity contribution is -0.122. The monoisotopic (exact) mass is 460 g/mol. The summed E-state index contributed by atoms with van der Waals surface area (Å²) in [6, 6.07) is 18.6. The van der Waals surface area contributed by atoms with Gasteiger partial charge in [0.1, 0.15) is 17.6 Å². The van der Waals surface area contributed by atoms with E-state index in [1.165, 1.54) is 23.1 Å². The van der Waals surface area contributed by atoms with E-state index in [1.807, 2.05) is 19.1 Å². The molecule has 0 N–H and O–H groups in total. The molecule has 1 atom stereocenters. The summed E-state index contributed by atoms with van der Waals surface area (Å²) in [5, 5.41) is 0. The largest absolute Gasteiger partial charge is 0.497 e. The Morgan fingerprint density at radius 3 is 2.32 bits per heavy atom. The highest BCUT2D eigenvalue weighted by Crippen LogP contribution is 2.28. The number of carbonyl (C=O) groups excluding carboxylic acids is 3. The van der Waals surface area contributed by atoms with Crippen molar-refractivity contribution in [2.45, 2.75) is 32.4 Å². The van der Waals surface area contributed by atoms with Gasteiger partial charge in [0.2, 0.25) is 5.91 Å². The van der Waals surface area contributed by atoms with Gasteiger partial charge >= 0.3 is 0 Å². The first-order valence-electron chi connectivity index (χ1n) is 11.1. The van der Waals surface area contributed by atoms with Gasteiger partial charge in [0, 0.05) is 12.1 Å². The van der Waals surface area contributed by atoms with Gasteiger partial charge in [-0.3, -0.25) is 14.4 Å². The Morgan fingerprint density at radius 2 is 1.71 bits per heavy atom. The van der Waals surface area contributed by atoms with E-state index in [1.54, 1.807) is 43.5 Å². The molecular weight excluding hydrogens is 435 g/mol. The quantitative estimate of drug-likeness (QED) is 0.491. The number of aryl methyl sites for hydroxylation is 1. The van der Waals surface area contributed by atoms with Gasteiger partial charge in [-0.25, -0.2) is 9.29 Å². The second-order valence-electron chi connectivity index (χ2n) is 8.10. The number of methoxy groups -OCH3 is 1. The lowest BCUT2D eigenvalue weighted by Crippen LogP contribution is -2.45. The number of hydrogen-bond donors (Lipinski definition) is 0. The highest BCUT2D eigenvalue weighted by atomic mass is 19.1. The van der Waals surface area contributed by atoms with Crippen LogP contribution < -0.4 is 9.64 Å². The van der Waals surface area contributed by atoms with Crippen molar-refractivity contribution < 1.29 is 23.5 Å². The number of ether oxygens (including phenoxy) is 1. The van der Waals surface area contributed by atoms with Gasteiger partial charge in [-0.2, -0.15) is 0 Å². The van der Waals surface area contributed by atoms with Crippen molar-refractivity contribution in [1.82, 2.24) is 4.90 Å². The molecule has 0 radical (unpaired) electrons. The van der Waals surface area contributed by atoms with E-state index in [2.05, 4.69) is 0 Å². The van der Waals surface area contributed by atoms with Crippen molar-refractivity contribution in [3.05, 3.63) is 95.3 Å². The Labute approximate surface area is 197 Å². The Bertz CT molecular complexity index is 1210. The third kappa shape index (κ3) is 4.69. The molecular formula is C27H25FN2O4. The van der Waals surface area contributed by atoms with Gasteiger partial charge in [-0.15, -0.1) is 0 Å². The number of halogens is 1. The van der Waals surface area contributed by atoms with Crippen molar-refractivity contribution in [2.24, 2.45) is 0 Å². The minimum atomic E-state index is -1.00. The number of carbonyl (C=O) groups is 3. The fourth-order valence-corrected chi connectivity index (χ4v) is 4.05. The van der Waals surface area contributed by atoms with Crippen LogP contribution in [0.4, 0.5) is 10.1 Å². The van der Waals surface area contributed by atoms with Crippen molar-refractivity contribution >= 4 is 23.4 Å². The lowest BCUT2D eigenvalue weighted by atomic mass is 10.1. The van der Waals surface area contributed by atoms with Crippen LogP contribution in [-0.4, -0.2) is 35.8 Å². The molecule has 1 saturated heterocycles. The van der Waals surface area contributed by atoms with Crippen LogP contribution >= 0.6 is 0 Å². The van der Waals surface area contributed by atoms with E-state index in [4.69, 9.17) is 4.74 Å². The second-order valence-corrected chi connectivity index (χ2v) is 8.10. The molecule has 4 rings (SSSR count). The number of benzene rings is 3. The van der Waals surface area contributed by atoms with E-state index < -0.39 is 23.7 Å². The molecule has 0 spiro atoms. The average Bonchev–Trinajstić information content (AvgIpc) is 3.15. The third-order valence-electron chi connectivity index (χ3n) is 5.95. The summed E-state index contributed by atoms with van der Waals surface area (Å²) in [6.45, 7) is 2.10. The number of hydrogen-bond acceptors (Lipinski definition) is 4. The van der Waals surface area contributed by atoms with Gasteiger partial charge in [0.05, 0.1) is 19.2 Å². The minimum absolute atomic E-state index is 0.0750. The molecule has 34 heavy (non-hydrogen) atoms. The van der Waals surface area contributed by atoms with Crippen LogP contribution in [0.2, 0.25) is 0 Å². The zero-order chi connectivity index (χ0) is 24.2. The molecule has 1 fully saturated rings. The summed E-state index contributed by atoms with van der Waals surface area (Å²) in [6.07, 6.45) is 0.689. The Morgan fingerprint density at radius 1 is 1.03 bits per heavy atom. The van der Waals surface area contributed by atoms with E-state index in [0.717, 1.165) is 28.5 Å². The van der Waals surface area contributed by atoms with Gasteiger partial charge < -0.3 is 9.64 Å². The van der Waals surface area contributed by atoms with Crippen molar-refractivity contribution in [1.29, 1.82) is 0 Å². The van der Waals surface area contributed by atoms with Crippen LogP contribution in [0.5, 0.6) is 5.75 Å². The topological polar surface area (TPSA) is 66.9 Å². The first-order valence-corrected chi connectivity index (χ1v) is 11.1. The van der Waals surface area contributed by atoms with Crippen LogP contribution in [0.25, 0.3) is 0 Å². The van der Waals surface area contributed by atoms with Gasteiger partial charge in [-0.05, 0) is 60.0 Å². The molecule has 3 amide bonds. The molecule has 1 aliphatic rings. The molecule has 0 aliphatic carbocycles. The van der Waals surface area contributed by atoms with E-state index in [0.29, 0.717) is 11.4 Å². The third-order valence-corrected chi connectivity index (χ3v) is 5.95. The number of anilines is 1. The number of nitrogens with zero attached hydrogens (tertiary/aromatic N) is 2. The minimum Gasteiger partial charge on any atom is -0.497 e. The molecule has 3 aromatic rings. The normalized spacial score (nSPS) is 15.5. The Kier molecular flexibility index (Phi) is 6.72. The molecule has 0 unspecified atom stereocenters. The number of imide groups is 1. The predicted octanol–water partition coefficient (Wildman–Crippen LogP) is 4.37. The smallest absolute Gasteiger partial charge is 0.257 e. The van der Waals surface area contributed by atoms with Crippen molar-refractivity contribution in [3.8, 4) is 5.75 Å². The molecule has 174 valence electrons. The van der Waals surface area contributed by atoms with Crippen LogP contribution in [0.15, 0.2) is 72.8 Å². The van der Waals surface area contributed by atoms with E-state index >= 15 is 0 Å². The van der Waals surface area contributed by atoms with Crippen LogP contribution in [0.3, 0.4) is 0 Å². The maximum atomic E-state index is 13.8. The Balaban J connectivity index is 1.67. The fraction of sp³-hybridized carbons (Fsp3) is 0.222. The summed E-state index contributed by atoms with van der Waals surface area (Å²) in [7, 11) is 1.55. The highest BCUT2D eigenvalue weighted by Gasteiger charge is 2.44. The van der Waals surface area contributed by atoms with Crippen LogP contribution in [0, 0.1) is 5.82 Å². The summed E-state index contributed by atoms with van der Waals surface area (Å²) >= 11 is 0. The van der Waals surface area contributed by atoms with Crippen LogP contribution in [-0.2, 0) is 22.6 Å². The molecule has 3 aromatic carbocycles. The fourth-order valence-electron chi connectivity index (χ4n) is 4.05. The SMILES string of the molecule is CCc1ccc(N2C(=O)C[C@H](N(Cc3ccc(OC)cc3)C(=O)c3cccc(F)c3)C2=O)cc1. The molecule has 1 heterocycles. The predicted molar refractivity (Wildman–Crippen MR) is 126 cm³/mol. The number of amides is 3. The zero-order valence-corrected chi connectivity index (χ0v) is 19.0. The molecule has 0 aromatic heterocycles. The van der Waals surface area contributed by atoms with E-state index in [-0.39, 0.29) is 24.4 Å². The Hall–Kier alpha value is -4.00. The lowest BCUT2D eigenvalue weighted by Gasteiger charge is -2.28. The van der Waals surface area contributed by atoms with E-state index in [9.17, 15) is 18.8 Å². The average molecular weight is 461 g/mol. The van der Waals surface area contributed by atoms with Gasteiger partial charge in [0.15, 0.2) is 0 Å². The summed E-state index contributed by atoms with van der Waals surface area (Å²) in [4.78, 5) is 42.2. The summed E-state index contributed by atoms with van der Waals surface area (Å²) < 4.78 is 19.0. The maximum absolute atomic E-state index is 13.8. The molecule has 0 saturated carbocycles. The summed E-state index contributed by atoms with van der Waals surface area (Å²) in [5.41, 5.74) is 2.41. The van der Waals surface area contributed by atoms with Crippen LogP contribution in [0.1, 0.15) is 34.8 Å². The zero-order valence-electron chi connectivity index (χ0n) is 19.0. The molecule has 7 heteroatoms. The summed E-state index contributed by atoms with van der Waals surface area (Å²) in [5.74, 6) is -1.29. The number of rotatable bonds is 7.